The van der Waals surface area contributed by atoms with Gasteiger partial charge in [0.2, 0.25) is 0 Å². The molecular formula is C102H64N6O2. The Morgan fingerprint density at radius 2 is 0.500 bits per heavy atom. The van der Waals surface area contributed by atoms with Gasteiger partial charge in [0.15, 0.2) is 34.9 Å². The van der Waals surface area contributed by atoms with Crippen LogP contribution in [0.25, 0.3) is 156 Å². The van der Waals surface area contributed by atoms with E-state index >= 15 is 0 Å². The van der Waals surface area contributed by atoms with Crippen molar-refractivity contribution in [2.75, 3.05) is 0 Å². The van der Waals surface area contributed by atoms with Crippen molar-refractivity contribution < 1.29 is 8.83 Å². The molecule has 4 heterocycles. The Morgan fingerprint density at radius 3 is 0.909 bits per heavy atom. The van der Waals surface area contributed by atoms with Gasteiger partial charge >= 0.3 is 0 Å². The van der Waals surface area contributed by atoms with Crippen LogP contribution < -0.4 is 0 Å². The smallest absolute Gasteiger partial charge is 0.164 e. The van der Waals surface area contributed by atoms with Crippen LogP contribution in [-0.2, 0) is 10.8 Å². The predicted octanol–water partition coefficient (Wildman–Crippen LogP) is 25.1. The molecule has 2 aliphatic carbocycles. The Kier molecular flexibility index (Phi) is 15.2. The maximum atomic E-state index is 6.71. The van der Waals surface area contributed by atoms with Crippen LogP contribution in [0.3, 0.4) is 0 Å². The molecule has 110 heavy (non-hydrogen) atoms. The summed E-state index contributed by atoms with van der Waals surface area (Å²) in [6.07, 6.45) is 0. The largest absolute Gasteiger partial charge is 0.456 e. The molecule has 8 heteroatoms. The highest BCUT2D eigenvalue weighted by atomic mass is 16.3. The van der Waals surface area contributed by atoms with E-state index in [0.29, 0.717) is 34.9 Å². The first-order valence-corrected chi connectivity index (χ1v) is 37.2. The molecule has 20 aromatic rings. The van der Waals surface area contributed by atoms with Crippen molar-refractivity contribution in [2.24, 2.45) is 0 Å². The zero-order valence-corrected chi connectivity index (χ0v) is 59.5. The van der Waals surface area contributed by atoms with Gasteiger partial charge in [-0.05, 0) is 137 Å². The molecule has 0 bridgehead atoms. The third-order valence-corrected chi connectivity index (χ3v) is 22.2. The predicted molar refractivity (Wildman–Crippen MR) is 444 cm³/mol. The monoisotopic (exact) mass is 1400 g/mol. The molecule has 514 valence electrons. The average Bonchev–Trinajstić information content (AvgIpc) is 1.51. The molecule has 0 saturated heterocycles. The summed E-state index contributed by atoms with van der Waals surface area (Å²) < 4.78 is 13.3. The molecule has 0 aliphatic heterocycles. The molecule has 0 atom stereocenters. The van der Waals surface area contributed by atoms with Crippen LogP contribution in [-0.4, -0.2) is 29.9 Å². The molecule has 0 unspecified atom stereocenters. The number of aromatic nitrogens is 6. The molecule has 22 rings (SSSR count). The highest BCUT2D eigenvalue weighted by Crippen LogP contribution is 2.59. The summed E-state index contributed by atoms with van der Waals surface area (Å²) in [5.41, 5.74) is 25.0. The van der Waals surface area contributed by atoms with Gasteiger partial charge in [-0.15, -0.1) is 0 Å². The Morgan fingerprint density at radius 1 is 0.182 bits per heavy atom. The third kappa shape index (κ3) is 10.3. The molecule has 0 saturated carbocycles. The fraction of sp³-hybridized carbons (Fsp3) is 0.0196. The lowest BCUT2D eigenvalue weighted by molar-refractivity contribution is 0.667. The Labute approximate surface area is 634 Å². The van der Waals surface area contributed by atoms with Gasteiger partial charge in [-0.2, -0.15) is 0 Å². The summed E-state index contributed by atoms with van der Waals surface area (Å²) in [6, 6.07) is 137. The first-order valence-electron chi connectivity index (χ1n) is 37.2. The van der Waals surface area contributed by atoms with E-state index in [-0.39, 0.29) is 0 Å². The maximum Gasteiger partial charge on any atom is 0.164 e. The number of nitrogens with zero attached hydrogens (tertiary/aromatic N) is 6. The first-order chi connectivity index (χ1) is 54.5. The quantitative estimate of drug-likeness (QED) is 0.126. The SMILES string of the molecule is c1ccc(-c2nc(-c3ccccc3)nc(-c3cc(-c4cccc5oc6ccc(C7(c8ccccc8)c8ccccc8-c8ccccc87)cc6c45)cc4ccccc34)n2)cc1.c1ccc(-c2nc(-c3ccccc3)nc(-c3cccc4oc5ccc(C6(c7ccccc7)c7ccccc7-c7ccccc76)cc5c34)n2)cc1. The minimum atomic E-state index is -0.525. The number of furan rings is 2. The van der Waals surface area contributed by atoms with Crippen molar-refractivity contribution in [2.45, 2.75) is 10.8 Å². The van der Waals surface area contributed by atoms with Crippen molar-refractivity contribution in [3.63, 3.8) is 0 Å². The zero-order valence-electron chi connectivity index (χ0n) is 59.5. The summed E-state index contributed by atoms with van der Waals surface area (Å²) in [6.45, 7) is 0. The van der Waals surface area contributed by atoms with Gasteiger partial charge in [0.05, 0.1) is 10.8 Å². The molecule has 0 amide bonds. The van der Waals surface area contributed by atoms with Crippen LogP contribution in [0.15, 0.2) is 397 Å². The van der Waals surface area contributed by atoms with Crippen molar-refractivity contribution >= 4 is 54.6 Å². The number of fused-ring (bicyclic) bond motifs is 13. The normalized spacial score (nSPS) is 12.9. The number of rotatable bonds is 11. The summed E-state index contributed by atoms with van der Waals surface area (Å²) in [7, 11) is 0. The van der Waals surface area contributed by atoms with E-state index < -0.39 is 10.8 Å². The van der Waals surface area contributed by atoms with Crippen molar-refractivity contribution in [3.8, 4) is 102 Å². The number of hydrogen-bond donors (Lipinski definition) is 0. The van der Waals surface area contributed by atoms with Gasteiger partial charge in [0.25, 0.3) is 0 Å². The van der Waals surface area contributed by atoms with Gasteiger partial charge in [0, 0.05) is 54.9 Å². The molecule has 4 aromatic heterocycles. The summed E-state index contributed by atoms with van der Waals surface area (Å²) >= 11 is 0. The minimum Gasteiger partial charge on any atom is -0.456 e. The lowest BCUT2D eigenvalue weighted by Crippen LogP contribution is -2.28. The van der Waals surface area contributed by atoms with Gasteiger partial charge in [0.1, 0.15) is 22.3 Å². The first kappa shape index (κ1) is 63.8. The second kappa shape index (κ2) is 26.2. The maximum absolute atomic E-state index is 6.71. The Balaban J connectivity index is 0.000000142. The van der Waals surface area contributed by atoms with Crippen molar-refractivity contribution in [1.29, 1.82) is 0 Å². The molecule has 2 aliphatic rings. The van der Waals surface area contributed by atoms with E-state index in [2.05, 4.69) is 255 Å². The topological polar surface area (TPSA) is 104 Å². The highest BCUT2D eigenvalue weighted by molar-refractivity contribution is 6.15. The lowest BCUT2D eigenvalue weighted by atomic mass is 9.67. The average molecular weight is 1410 g/mol. The molecule has 0 fully saturated rings. The zero-order chi connectivity index (χ0) is 72.7. The van der Waals surface area contributed by atoms with Gasteiger partial charge in [-0.25, -0.2) is 29.9 Å². The summed E-state index contributed by atoms with van der Waals surface area (Å²) in [5, 5.41) is 6.32. The fourth-order valence-electron chi connectivity index (χ4n) is 17.5. The van der Waals surface area contributed by atoms with E-state index in [1.807, 2.05) is 133 Å². The van der Waals surface area contributed by atoms with E-state index in [1.54, 1.807) is 0 Å². The van der Waals surface area contributed by atoms with Crippen LogP contribution in [0.1, 0.15) is 44.5 Å². The lowest BCUT2D eigenvalue weighted by Gasteiger charge is -2.33. The minimum absolute atomic E-state index is 0.519. The second-order valence-corrected chi connectivity index (χ2v) is 28.2. The summed E-state index contributed by atoms with van der Waals surface area (Å²) in [5.74, 6) is 3.74. The van der Waals surface area contributed by atoms with Crippen molar-refractivity contribution in [3.05, 3.63) is 433 Å². The second-order valence-electron chi connectivity index (χ2n) is 28.2. The molecular weight excluding hydrogens is 1340 g/mol. The van der Waals surface area contributed by atoms with Crippen LogP contribution in [0, 0.1) is 0 Å². The standard InChI is InChI=1S/C56H35N3O.C46H29N3O/c1-4-17-36(18-5-1)53-57-54(37-19-6-2-7-20-37)59-55(58-53)46-34-39(33-38-21-10-11-24-42(38)46)43-27-16-30-51-52(43)47-35-41(31-32-50(47)60-51)56(40-22-8-3-9-23-40)48-28-14-12-25-44(48)45-26-13-15-29-49(45)56;1-4-15-30(16-5-1)43-47-44(31-17-6-2-7-18-31)49-45(48-43)36-23-14-26-41-42(36)37-29-33(27-28-40(37)50-41)46(32-19-8-3-9-20-32)38-24-12-10-21-34(38)35-22-11-13-25-39(35)46/h1-35H;1-29H. The number of hydrogen-bond acceptors (Lipinski definition) is 8. The van der Waals surface area contributed by atoms with Crippen molar-refractivity contribution in [1.82, 2.24) is 29.9 Å². The van der Waals surface area contributed by atoms with Gasteiger partial charge in [-0.3, -0.25) is 0 Å². The summed E-state index contributed by atoms with van der Waals surface area (Å²) in [4.78, 5) is 30.5. The van der Waals surface area contributed by atoms with Gasteiger partial charge in [-0.1, -0.05) is 340 Å². The number of benzene rings is 16. The third-order valence-electron chi connectivity index (χ3n) is 22.2. The van der Waals surface area contributed by atoms with E-state index in [4.69, 9.17) is 38.7 Å². The van der Waals surface area contributed by atoms with Crippen LogP contribution in [0.5, 0.6) is 0 Å². The van der Waals surface area contributed by atoms with Crippen LogP contribution in [0.2, 0.25) is 0 Å². The highest BCUT2D eigenvalue weighted by Gasteiger charge is 2.48. The molecule has 0 radical (unpaired) electrons. The van der Waals surface area contributed by atoms with E-state index in [1.165, 1.54) is 66.8 Å². The van der Waals surface area contributed by atoms with Crippen LogP contribution >= 0.6 is 0 Å². The Bertz CT molecular complexity index is 6760. The van der Waals surface area contributed by atoms with E-state index in [9.17, 15) is 0 Å². The van der Waals surface area contributed by atoms with Gasteiger partial charge < -0.3 is 8.83 Å². The fourth-order valence-corrected chi connectivity index (χ4v) is 17.5. The molecule has 0 spiro atoms. The van der Waals surface area contributed by atoms with Crippen LogP contribution in [0.4, 0.5) is 0 Å². The molecule has 8 nitrogen and oxygen atoms in total. The molecule has 0 N–H and O–H groups in total. The van der Waals surface area contributed by atoms with E-state index in [0.717, 1.165) is 99.2 Å². The Hall–Kier alpha value is -14.6. The molecule has 16 aromatic carbocycles.